The van der Waals surface area contributed by atoms with E-state index in [1.165, 1.54) is 6.92 Å². The highest BCUT2D eigenvalue weighted by molar-refractivity contribution is 7.99. The van der Waals surface area contributed by atoms with E-state index in [1.54, 1.807) is 16.7 Å². The third-order valence-electron chi connectivity index (χ3n) is 4.32. The molecule has 9 nitrogen and oxygen atoms in total. The van der Waals surface area contributed by atoms with Crippen molar-refractivity contribution >= 4 is 41.3 Å². The Morgan fingerprint density at radius 3 is 2.38 bits per heavy atom. The summed E-state index contributed by atoms with van der Waals surface area (Å²) in [6.07, 6.45) is -1.14. The first-order valence-electron chi connectivity index (χ1n) is 8.60. The van der Waals surface area contributed by atoms with Gasteiger partial charge in [-0.3, -0.25) is 14.7 Å². The van der Waals surface area contributed by atoms with E-state index in [2.05, 4.69) is 0 Å². The molecular formula is C17H20F2N4O5S. The van der Waals surface area contributed by atoms with Gasteiger partial charge in [-0.05, 0) is 0 Å². The first-order valence-corrected chi connectivity index (χ1v) is 9.76. The number of rotatable bonds is 4. The molecule has 2 heterocycles. The number of nitrogens with zero attached hydrogens (tertiary/aromatic N) is 3. The standard InChI is InChI=1S/C16H20F2N4O3S.CO2/c1-10(23)22(19)9-12-8-21(16(24)25-12)11-6-13(17)15(14(18)7-11)20-2-4-26-5-3-20;2-1-3/h6-7,12H,2-5,8-9,19H2,1H3;. The molecule has 0 aliphatic carbocycles. The number of nitrogens with two attached hydrogens (primary N) is 1. The maximum atomic E-state index is 14.5. The van der Waals surface area contributed by atoms with Crippen LogP contribution in [0.15, 0.2) is 12.1 Å². The molecule has 158 valence electrons. The van der Waals surface area contributed by atoms with Gasteiger partial charge in [0.1, 0.15) is 11.8 Å². The molecule has 0 bridgehead atoms. The second-order valence-electron chi connectivity index (χ2n) is 6.23. The van der Waals surface area contributed by atoms with Crippen LogP contribution in [0.2, 0.25) is 0 Å². The lowest BCUT2D eigenvalue weighted by Gasteiger charge is -2.29. The summed E-state index contributed by atoms with van der Waals surface area (Å²) in [4.78, 5) is 42.3. The molecule has 0 aromatic heterocycles. The lowest BCUT2D eigenvalue weighted by molar-refractivity contribution is -0.191. The van der Waals surface area contributed by atoms with Crippen LogP contribution in [0.25, 0.3) is 0 Å². The Bertz CT molecular complexity index is 777. The van der Waals surface area contributed by atoms with Gasteiger partial charge in [0.2, 0.25) is 5.91 Å². The number of anilines is 2. The van der Waals surface area contributed by atoms with Gasteiger partial charge >= 0.3 is 12.2 Å². The first kappa shape index (κ1) is 22.6. The number of cyclic esters (lactones) is 1. The van der Waals surface area contributed by atoms with Crippen LogP contribution in [-0.2, 0) is 19.1 Å². The van der Waals surface area contributed by atoms with Crippen molar-refractivity contribution in [3.8, 4) is 0 Å². The Labute approximate surface area is 169 Å². The van der Waals surface area contributed by atoms with Crippen molar-refractivity contribution in [1.29, 1.82) is 0 Å². The number of carbonyl (C=O) groups excluding carboxylic acids is 4. The van der Waals surface area contributed by atoms with E-state index in [1.807, 2.05) is 0 Å². The monoisotopic (exact) mass is 430 g/mol. The van der Waals surface area contributed by atoms with Crippen LogP contribution >= 0.6 is 11.8 Å². The summed E-state index contributed by atoms with van der Waals surface area (Å²) in [7, 11) is 0. The maximum absolute atomic E-state index is 14.5. The molecule has 3 rings (SSSR count). The third-order valence-corrected chi connectivity index (χ3v) is 5.26. The summed E-state index contributed by atoms with van der Waals surface area (Å²) in [5.74, 6) is 5.34. The predicted molar refractivity (Wildman–Crippen MR) is 100 cm³/mol. The fourth-order valence-corrected chi connectivity index (χ4v) is 3.88. The van der Waals surface area contributed by atoms with Gasteiger partial charge in [-0.15, -0.1) is 0 Å². The largest absolute Gasteiger partial charge is 0.442 e. The fourth-order valence-electron chi connectivity index (χ4n) is 2.97. The van der Waals surface area contributed by atoms with Crippen LogP contribution in [0.3, 0.4) is 0 Å². The summed E-state index contributed by atoms with van der Waals surface area (Å²) in [5.41, 5.74) is 0.0110. The molecule has 2 amide bonds. The quantitative estimate of drug-likeness (QED) is 0.427. The van der Waals surface area contributed by atoms with Gasteiger partial charge in [0, 0.05) is 43.7 Å². The zero-order chi connectivity index (χ0) is 21.6. The lowest BCUT2D eigenvalue weighted by Crippen LogP contribution is -2.42. The van der Waals surface area contributed by atoms with Crippen LogP contribution in [0.5, 0.6) is 0 Å². The smallest absolute Gasteiger partial charge is 0.414 e. The van der Waals surface area contributed by atoms with Crippen molar-refractivity contribution in [2.45, 2.75) is 13.0 Å². The number of benzene rings is 1. The Hall–Kier alpha value is -2.69. The maximum Gasteiger partial charge on any atom is 0.414 e. The zero-order valence-electron chi connectivity index (χ0n) is 15.6. The summed E-state index contributed by atoms with van der Waals surface area (Å²) < 4.78 is 34.2. The molecule has 1 aromatic rings. The predicted octanol–water partition coefficient (Wildman–Crippen LogP) is 0.982. The highest BCUT2D eigenvalue weighted by Crippen LogP contribution is 2.32. The van der Waals surface area contributed by atoms with Gasteiger partial charge in [-0.1, -0.05) is 0 Å². The van der Waals surface area contributed by atoms with E-state index in [9.17, 15) is 18.4 Å². The van der Waals surface area contributed by atoms with Crippen molar-refractivity contribution < 1.29 is 32.7 Å². The fraction of sp³-hybridized carbons (Fsp3) is 0.471. The number of thioether (sulfide) groups is 1. The molecule has 1 aromatic carbocycles. The summed E-state index contributed by atoms with van der Waals surface area (Å²) in [6.45, 7) is 2.49. The van der Waals surface area contributed by atoms with Gasteiger partial charge in [-0.2, -0.15) is 21.4 Å². The Kier molecular flexibility index (Phi) is 7.94. The second kappa shape index (κ2) is 10.2. The van der Waals surface area contributed by atoms with Crippen molar-refractivity contribution in [2.24, 2.45) is 5.84 Å². The van der Waals surface area contributed by atoms with Crippen LogP contribution in [-0.4, -0.2) is 66.9 Å². The minimum Gasteiger partial charge on any atom is -0.442 e. The second-order valence-corrected chi connectivity index (χ2v) is 7.45. The molecular weight excluding hydrogens is 410 g/mol. The molecule has 2 fully saturated rings. The molecule has 12 heteroatoms. The van der Waals surface area contributed by atoms with Gasteiger partial charge in [-0.25, -0.2) is 19.4 Å². The summed E-state index contributed by atoms with van der Waals surface area (Å²) in [6, 6.07) is 2.27. The molecule has 2 saturated heterocycles. The number of hydrogen-bond acceptors (Lipinski definition) is 8. The molecule has 0 saturated carbocycles. The number of amides is 2. The van der Waals surface area contributed by atoms with Crippen LogP contribution < -0.4 is 15.6 Å². The molecule has 0 spiro atoms. The number of hydrogen-bond donors (Lipinski definition) is 1. The SMILES string of the molecule is CC(=O)N(N)CC1CN(c2cc(F)c(N3CCSCC3)c(F)c2)C(=O)O1.O=C=O. The van der Waals surface area contributed by atoms with Gasteiger partial charge < -0.3 is 9.64 Å². The number of hydrazine groups is 1. The average molecular weight is 430 g/mol. The Balaban J connectivity index is 0.000000941. The molecule has 2 aliphatic heterocycles. The molecule has 29 heavy (non-hydrogen) atoms. The molecule has 2 aliphatic rings. The third kappa shape index (κ3) is 5.66. The average Bonchev–Trinajstić information content (AvgIpc) is 3.02. The summed E-state index contributed by atoms with van der Waals surface area (Å²) in [5, 5.41) is 0.931. The van der Waals surface area contributed by atoms with Crippen molar-refractivity contribution in [3.63, 3.8) is 0 Å². The zero-order valence-corrected chi connectivity index (χ0v) is 16.4. The van der Waals surface area contributed by atoms with Crippen LogP contribution in [0.4, 0.5) is 25.0 Å². The normalized spacial score (nSPS) is 18.5. The molecule has 1 unspecified atom stereocenters. The van der Waals surface area contributed by atoms with Crippen molar-refractivity contribution in [1.82, 2.24) is 5.01 Å². The number of halogens is 2. The van der Waals surface area contributed by atoms with Crippen LogP contribution in [0.1, 0.15) is 6.92 Å². The summed E-state index contributed by atoms with van der Waals surface area (Å²) >= 11 is 1.74. The molecule has 0 radical (unpaired) electrons. The highest BCUT2D eigenvalue weighted by atomic mass is 32.2. The highest BCUT2D eigenvalue weighted by Gasteiger charge is 2.35. The molecule has 2 N–H and O–H groups in total. The van der Waals surface area contributed by atoms with E-state index in [4.69, 9.17) is 20.2 Å². The minimum atomic E-state index is -0.729. The minimum absolute atomic E-state index is 0.00602. The number of carbonyl (C=O) groups is 2. The van der Waals surface area contributed by atoms with Gasteiger partial charge in [0.05, 0.1) is 18.8 Å². The van der Waals surface area contributed by atoms with E-state index in [0.717, 1.165) is 33.5 Å². The topological polar surface area (TPSA) is 113 Å². The van der Waals surface area contributed by atoms with Gasteiger partial charge in [0.25, 0.3) is 0 Å². The van der Waals surface area contributed by atoms with E-state index in [-0.39, 0.29) is 36.5 Å². The van der Waals surface area contributed by atoms with Crippen molar-refractivity contribution in [2.75, 3.05) is 47.5 Å². The first-order chi connectivity index (χ1) is 13.8. The van der Waals surface area contributed by atoms with E-state index in [0.29, 0.717) is 13.1 Å². The van der Waals surface area contributed by atoms with Gasteiger partial charge in [0.15, 0.2) is 11.6 Å². The number of ether oxygens (including phenoxy) is 1. The van der Waals surface area contributed by atoms with Crippen molar-refractivity contribution in [3.05, 3.63) is 23.8 Å². The Morgan fingerprint density at radius 1 is 1.31 bits per heavy atom. The van der Waals surface area contributed by atoms with E-state index >= 15 is 0 Å². The molecule has 1 atom stereocenters. The lowest BCUT2D eigenvalue weighted by atomic mass is 10.2. The Morgan fingerprint density at radius 2 is 1.86 bits per heavy atom. The van der Waals surface area contributed by atoms with E-state index < -0.39 is 23.8 Å². The van der Waals surface area contributed by atoms with Crippen LogP contribution in [0, 0.1) is 11.6 Å².